The van der Waals surface area contributed by atoms with E-state index in [4.69, 9.17) is 5.10 Å². The summed E-state index contributed by atoms with van der Waals surface area (Å²) in [5.41, 5.74) is 7.67. The summed E-state index contributed by atoms with van der Waals surface area (Å²) in [5.74, 6) is 0.542. The van der Waals surface area contributed by atoms with Crippen molar-refractivity contribution in [2.24, 2.45) is 0 Å². The average Bonchev–Trinajstić information content (AvgIpc) is 3.48. The minimum atomic E-state index is -0.109. The maximum absolute atomic E-state index is 13.1. The van der Waals surface area contributed by atoms with Gasteiger partial charge in [0.1, 0.15) is 17.5 Å². The minimum absolute atomic E-state index is 0.109. The van der Waals surface area contributed by atoms with Crippen molar-refractivity contribution in [3.8, 4) is 17.3 Å². The number of aryl methyl sites for hydroxylation is 3. The van der Waals surface area contributed by atoms with Gasteiger partial charge in [0.15, 0.2) is 5.65 Å². The van der Waals surface area contributed by atoms with Crippen LogP contribution >= 0.6 is 0 Å². The van der Waals surface area contributed by atoms with Gasteiger partial charge in [0.25, 0.3) is 0 Å². The van der Waals surface area contributed by atoms with Crippen molar-refractivity contribution in [3.05, 3.63) is 101 Å². The fraction of sp³-hybridized carbons (Fsp3) is 0.207. The molecule has 3 heterocycles. The molecule has 0 aliphatic rings. The molecule has 1 N–H and O–H groups in total. The molecule has 0 bridgehead atoms. The quantitative estimate of drug-likeness (QED) is 0.346. The molecule has 0 saturated carbocycles. The van der Waals surface area contributed by atoms with E-state index in [0.717, 1.165) is 39.3 Å². The van der Waals surface area contributed by atoms with E-state index in [2.05, 4.69) is 27.5 Å². The summed E-state index contributed by atoms with van der Waals surface area (Å²) in [6.07, 6.45) is 2.30. The Morgan fingerprint density at radius 1 is 1.05 bits per heavy atom. The van der Waals surface area contributed by atoms with Gasteiger partial charge >= 0.3 is 0 Å². The summed E-state index contributed by atoms with van der Waals surface area (Å²) in [6.45, 7) is 6.43. The van der Waals surface area contributed by atoms with E-state index < -0.39 is 0 Å². The van der Waals surface area contributed by atoms with Crippen LogP contribution in [0.2, 0.25) is 0 Å². The van der Waals surface area contributed by atoms with Crippen molar-refractivity contribution in [1.82, 2.24) is 24.4 Å². The van der Waals surface area contributed by atoms with E-state index in [1.165, 1.54) is 6.20 Å². The van der Waals surface area contributed by atoms with Gasteiger partial charge in [-0.1, -0.05) is 54.1 Å². The summed E-state index contributed by atoms with van der Waals surface area (Å²) < 4.78 is 3.50. The number of nitrogens with zero attached hydrogens (tertiary/aromatic N) is 6. The lowest BCUT2D eigenvalue weighted by Crippen LogP contribution is -2.17. The molecule has 0 aliphatic heterocycles. The Labute approximate surface area is 215 Å². The zero-order valence-electron chi connectivity index (χ0n) is 21.1. The van der Waals surface area contributed by atoms with Crippen molar-refractivity contribution in [3.63, 3.8) is 0 Å². The number of nitrogens with one attached hydrogen (secondary N) is 1. The molecule has 0 fully saturated rings. The molecule has 37 heavy (non-hydrogen) atoms. The lowest BCUT2D eigenvalue weighted by Gasteiger charge is -2.12. The van der Waals surface area contributed by atoms with Gasteiger partial charge in [-0.3, -0.25) is 4.79 Å². The van der Waals surface area contributed by atoms with E-state index in [-0.39, 0.29) is 12.3 Å². The first kappa shape index (κ1) is 23.9. The Kier molecular flexibility index (Phi) is 6.52. The highest BCUT2D eigenvalue weighted by Gasteiger charge is 2.17. The number of carbonyl (C=O) groups is 1. The molecule has 0 saturated heterocycles. The summed E-state index contributed by atoms with van der Waals surface area (Å²) in [6, 6.07) is 22.3. The Bertz CT molecular complexity index is 1640. The molecular weight excluding hydrogens is 462 g/mol. The van der Waals surface area contributed by atoms with Gasteiger partial charge < -0.3 is 5.32 Å². The van der Waals surface area contributed by atoms with Gasteiger partial charge in [-0.05, 0) is 44.4 Å². The molecule has 8 heteroatoms. The Hall–Kier alpha value is -4.77. The number of amides is 1. The van der Waals surface area contributed by atoms with Crippen LogP contribution in [0.3, 0.4) is 0 Å². The first-order valence-electron chi connectivity index (χ1n) is 12.2. The summed E-state index contributed by atoms with van der Waals surface area (Å²) in [5, 5.41) is 21.5. The number of rotatable bonds is 7. The summed E-state index contributed by atoms with van der Waals surface area (Å²) in [4.78, 5) is 17.7. The number of benzene rings is 2. The maximum atomic E-state index is 13.1. The van der Waals surface area contributed by atoms with Gasteiger partial charge in [-0.15, -0.1) is 0 Å². The number of aromatic nitrogens is 5. The second-order valence-corrected chi connectivity index (χ2v) is 9.14. The third-order valence-corrected chi connectivity index (χ3v) is 6.47. The van der Waals surface area contributed by atoms with Crippen molar-refractivity contribution < 1.29 is 4.79 Å². The van der Waals surface area contributed by atoms with Crippen LogP contribution in [-0.4, -0.2) is 30.3 Å². The Morgan fingerprint density at radius 2 is 1.86 bits per heavy atom. The number of fused-ring (bicyclic) bond motifs is 1. The number of carbonyl (C=O) groups excluding carboxylic acids is 1. The van der Waals surface area contributed by atoms with E-state index in [9.17, 15) is 10.1 Å². The third kappa shape index (κ3) is 4.98. The molecule has 2 aromatic carbocycles. The smallest absolute Gasteiger partial charge is 0.225 e. The second kappa shape index (κ2) is 10.1. The van der Waals surface area contributed by atoms with Crippen LogP contribution in [0.15, 0.2) is 66.9 Å². The summed E-state index contributed by atoms with van der Waals surface area (Å²) in [7, 11) is 0. The van der Waals surface area contributed by atoms with Crippen molar-refractivity contribution in [2.45, 2.75) is 40.2 Å². The standard InChI is InChI=1S/C29H27N7O/c1-19-8-7-11-23(14-19)26-15-27(35(34-26)18-22-9-5-4-6-10-22)33-28(37)13-12-25-20(2)32-29-24(16-30)17-31-36(29)21(25)3/h4-11,14-15,17H,12-13,18H2,1-3H3,(H,33,37). The van der Waals surface area contributed by atoms with Crippen molar-refractivity contribution >= 4 is 17.4 Å². The topological polar surface area (TPSA) is 101 Å². The Morgan fingerprint density at radius 3 is 2.62 bits per heavy atom. The highest BCUT2D eigenvalue weighted by Crippen LogP contribution is 2.24. The predicted molar refractivity (Wildman–Crippen MR) is 142 cm³/mol. The molecule has 5 rings (SSSR count). The molecule has 0 radical (unpaired) electrons. The van der Waals surface area contributed by atoms with Crippen molar-refractivity contribution in [1.29, 1.82) is 5.26 Å². The van der Waals surface area contributed by atoms with Gasteiger partial charge in [0.05, 0.1) is 18.4 Å². The number of hydrogen-bond donors (Lipinski definition) is 1. The highest BCUT2D eigenvalue weighted by atomic mass is 16.1. The second-order valence-electron chi connectivity index (χ2n) is 9.14. The zero-order chi connectivity index (χ0) is 25.9. The Balaban J connectivity index is 1.38. The average molecular weight is 490 g/mol. The van der Waals surface area contributed by atoms with Crippen LogP contribution in [0.5, 0.6) is 0 Å². The normalized spacial score (nSPS) is 11.0. The first-order chi connectivity index (χ1) is 17.9. The van der Waals surface area contributed by atoms with Crippen LogP contribution in [-0.2, 0) is 17.8 Å². The fourth-order valence-electron chi connectivity index (χ4n) is 4.54. The van der Waals surface area contributed by atoms with E-state index >= 15 is 0 Å². The molecule has 0 atom stereocenters. The minimum Gasteiger partial charge on any atom is -0.311 e. The third-order valence-electron chi connectivity index (χ3n) is 6.47. The van der Waals surface area contributed by atoms with Gasteiger partial charge in [-0.25, -0.2) is 14.2 Å². The molecule has 1 amide bonds. The SMILES string of the molecule is Cc1cccc(-c2cc(NC(=O)CCc3c(C)nc4c(C#N)cnn4c3C)n(Cc3ccccc3)n2)c1. The predicted octanol–water partition coefficient (Wildman–Crippen LogP) is 5.01. The van der Waals surface area contributed by atoms with Crippen LogP contribution < -0.4 is 5.32 Å². The van der Waals surface area contributed by atoms with Gasteiger partial charge in [0, 0.05) is 29.4 Å². The van der Waals surface area contributed by atoms with Crippen LogP contribution in [0, 0.1) is 32.1 Å². The molecular formula is C29H27N7O. The number of nitriles is 1. The number of hydrogen-bond acceptors (Lipinski definition) is 5. The highest BCUT2D eigenvalue weighted by molar-refractivity contribution is 5.90. The molecule has 5 aromatic rings. The summed E-state index contributed by atoms with van der Waals surface area (Å²) >= 11 is 0. The molecule has 0 unspecified atom stereocenters. The zero-order valence-corrected chi connectivity index (χ0v) is 21.1. The lowest BCUT2D eigenvalue weighted by atomic mass is 10.1. The van der Waals surface area contributed by atoms with Crippen LogP contribution in [0.25, 0.3) is 16.9 Å². The maximum Gasteiger partial charge on any atom is 0.225 e. The molecule has 184 valence electrons. The van der Waals surface area contributed by atoms with Crippen molar-refractivity contribution in [2.75, 3.05) is 5.32 Å². The van der Waals surface area contributed by atoms with Gasteiger partial charge in [-0.2, -0.15) is 15.5 Å². The van der Waals surface area contributed by atoms with E-state index in [1.807, 2.05) is 80.1 Å². The van der Waals surface area contributed by atoms with Gasteiger partial charge in [0.2, 0.25) is 5.91 Å². The molecule has 0 spiro atoms. The van der Waals surface area contributed by atoms with E-state index in [0.29, 0.717) is 30.0 Å². The lowest BCUT2D eigenvalue weighted by molar-refractivity contribution is -0.116. The molecule has 3 aromatic heterocycles. The largest absolute Gasteiger partial charge is 0.311 e. The molecule has 8 nitrogen and oxygen atoms in total. The number of anilines is 1. The first-order valence-corrected chi connectivity index (χ1v) is 12.2. The molecule has 0 aliphatic carbocycles. The van der Waals surface area contributed by atoms with Crippen LogP contribution in [0.1, 0.15) is 40.1 Å². The monoisotopic (exact) mass is 489 g/mol. The van der Waals surface area contributed by atoms with E-state index in [1.54, 1.807) is 4.52 Å². The fourth-order valence-corrected chi connectivity index (χ4v) is 4.54. The van der Waals surface area contributed by atoms with Crippen LogP contribution in [0.4, 0.5) is 5.82 Å².